The summed E-state index contributed by atoms with van der Waals surface area (Å²) < 4.78 is 1.91. The van der Waals surface area contributed by atoms with E-state index in [9.17, 15) is 4.79 Å². The Morgan fingerprint density at radius 3 is 2.56 bits per heavy atom. The molecule has 25 heavy (non-hydrogen) atoms. The van der Waals surface area contributed by atoms with Crippen molar-refractivity contribution in [2.24, 2.45) is 5.92 Å². The molecule has 2 N–H and O–H groups in total. The Kier molecular flexibility index (Phi) is 5.53. The second-order valence-electron chi connectivity index (χ2n) is 7.31. The Hall–Kier alpha value is -2.14. The van der Waals surface area contributed by atoms with E-state index in [0.717, 1.165) is 12.1 Å². The molecule has 0 aliphatic heterocycles. The summed E-state index contributed by atoms with van der Waals surface area (Å²) in [6, 6.07) is 8.82. The Morgan fingerprint density at radius 1 is 1.24 bits per heavy atom. The summed E-state index contributed by atoms with van der Waals surface area (Å²) in [6.45, 7) is 7.27. The van der Waals surface area contributed by atoms with Gasteiger partial charge in [0.05, 0.1) is 25.3 Å². The van der Waals surface area contributed by atoms with Gasteiger partial charge in [-0.1, -0.05) is 29.8 Å². The van der Waals surface area contributed by atoms with Gasteiger partial charge in [-0.2, -0.15) is 5.10 Å². The monoisotopic (exact) mass is 340 g/mol. The molecular formula is C20H28N4O. The van der Waals surface area contributed by atoms with Gasteiger partial charge in [-0.25, -0.2) is 0 Å². The van der Waals surface area contributed by atoms with E-state index in [1.54, 1.807) is 0 Å². The highest BCUT2D eigenvalue weighted by Crippen LogP contribution is 2.40. The Labute approximate surface area is 149 Å². The first kappa shape index (κ1) is 17.7. The SMILES string of the molecule is Cc1ccc(C(NC(=O)CNC(C)Cn2cc(C)cn2)C2CC2)cc1. The number of carbonyl (C=O) groups is 1. The van der Waals surface area contributed by atoms with Gasteiger partial charge in [0.2, 0.25) is 5.91 Å². The molecule has 0 bridgehead atoms. The molecule has 1 aromatic heterocycles. The highest BCUT2D eigenvalue weighted by atomic mass is 16.2. The number of carbonyl (C=O) groups excluding carboxylic acids is 1. The molecule has 5 nitrogen and oxygen atoms in total. The van der Waals surface area contributed by atoms with E-state index in [1.807, 2.05) is 24.0 Å². The van der Waals surface area contributed by atoms with Crippen LogP contribution in [0.2, 0.25) is 0 Å². The highest BCUT2D eigenvalue weighted by molar-refractivity contribution is 5.78. The summed E-state index contributed by atoms with van der Waals surface area (Å²) in [5.74, 6) is 0.636. The highest BCUT2D eigenvalue weighted by Gasteiger charge is 2.33. The standard InChI is InChI=1S/C20H28N4O/c1-14-4-6-17(7-5-14)20(18-8-9-18)23-19(25)11-21-16(3)13-24-12-15(2)10-22-24/h4-7,10,12,16,18,20-21H,8-9,11,13H2,1-3H3,(H,23,25). The Morgan fingerprint density at radius 2 is 1.96 bits per heavy atom. The topological polar surface area (TPSA) is 59.0 Å². The van der Waals surface area contributed by atoms with Crippen LogP contribution in [0.15, 0.2) is 36.7 Å². The van der Waals surface area contributed by atoms with Crippen LogP contribution in [0, 0.1) is 19.8 Å². The van der Waals surface area contributed by atoms with E-state index in [2.05, 4.69) is 53.8 Å². The average Bonchev–Trinajstić information content (AvgIpc) is 3.34. The molecule has 1 aliphatic rings. The maximum Gasteiger partial charge on any atom is 0.234 e. The van der Waals surface area contributed by atoms with E-state index in [4.69, 9.17) is 0 Å². The number of nitrogens with one attached hydrogen (secondary N) is 2. The van der Waals surface area contributed by atoms with E-state index in [-0.39, 0.29) is 18.0 Å². The molecule has 2 aromatic rings. The van der Waals surface area contributed by atoms with Crippen molar-refractivity contribution in [3.05, 3.63) is 53.3 Å². The molecule has 1 fully saturated rings. The Balaban J connectivity index is 1.49. The van der Waals surface area contributed by atoms with Gasteiger partial charge in [-0.05, 0) is 50.7 Å². The summed E-state index contributed by atoms with van der Waals surface area (Å²) in [4.78, 5) is 12.4. The van der Waals surface area contributed by atoms with Crippen LogP contribution in [0.25, 0.3) is 0 Å². The van der Waals surface area contributed by atoms with Crippen LogP contribution in [0.1, 0.15) is 42.5 Å². The first-order chi connectivity index (χ1) is 12.0. The molecule has 2 unspecified atom stereocenters. The van der Waals surface area contributed by atoms with Crippen molar-refractivity contribution < 1.29 is 4.79 Å². The fraction of sp³-hybridized carbons (Fsp3) is 0.500. The maximum absolute atomic E-state index is 12.4. The number of benzene rings is 1. The van der Waals surface area contributed by atoms with Gasteiger partial charge in [0, 0.05) is 12.2 Å². The summed E-state index contributed by atoms with van der Waals surface area (Å²) >= 11 is 0. The zero-order valence-corrected chi connectivity index (χ0v) is 15.3. The van der Waals surface area contributed by atoms with Gasteiger partial charge in [-0.3, -0.25) is 9.48 Å². The van der Waals surface area contributed by atoms with Crippen LogP contribution in [-0.4, -0.2) is 28.3 Å². The molecule has 0 spiro atoms. The molecule has 1 saturated carbocycles. The first-order valence-corrected chi connectivity index (χ1v) is 9.09. The van der Waals surface area contributed by atoms with Crippen LogP contribution in [0.5, 0.6) is 0 Å². The quantitative estimate of drug-likeness (QED) is 0.777. The zero-order chi connectivity index (χ0) is 17.8. The lowest BCUT2D eigenvalue weighted by Gasteiger charge is -2.20. The van der Waals surface area contributed by atoms with Crippen molar-refractivity contribution in [2.75, 3.05) is 6.54 Å². The zero-order valence-electron chi connectivity index (χ0n) is 15.3. The number of rotatable bonds is 8. The lowest BCUT2D eigenvalue weighted by molar-refractivity contribution is -0.121. The smallest absolute Gasteiger partial charge is 0.234 e. The van der Waals surface area contributed by atoms with Crippen LogP contribution < -0.4 is 10.6 Å². The van der Waals surface area contributed by atoms with Crippen molar-refractivity contribution >= 4 is 5.91 Å². The lowest BCUT2D eigenvalue weighted by Crippen LogP contribution is -2.41. The lowest BCUT2D eigenvalue weighted by atomic mass is 10.0. The first-order valence-electron chi connectivity index (χ1n) is 9.09. The summed E-state index contributed by atoms with van der Waals surface area (Å²) in [5, 5.41) is 10.8. The van der Waals surface area contributed by atoms with Crippen LogP contribution in [0.4, 0.5) is 0 Å². The molecule has 5 heteroatoms. The van der Waals surface area contributed by atoms with Crippen LogP contribution in [-0.2, 0) is 11.3 Å². The van der Waals surface area contributed by atoms with Gasteiger partial charge >= 0.3 is 0 Å². The molecular weight excluding hydrogens is 312 g/mol. The Bertz CT molecular complexity index is 703. The number of hydrogen-bond donors (Lipinski definition) is 2. The maximum atomic E-state index is 12.4. The number of aromatic nitrogens is 2. The van der Waals surface area contributed by atoms with Gasteiger partial charge in [0.25, 0.3) is 0 Å². The van der Waals surface area contributed by atoms with E-state index in [0.29, 0.717) is 12.5 Å². The van der Waals surface area contributed by atoms with Gasteiger partial charge in [0.1, 0.15) is 0 Å². The fourth-order valence-electron chi connectivity index (χ4n) is 3.08. The van der Waals surface area contributed by atoms with E-state index < -0.39 is 0 Å². The molecule has 0 saturated heterocycles. The van der Waals surface area contributed by atoms with Crippen molar-refractivity contribution in [2.45, 2.75) is 52.2 Å². The molecule has 1 aliphatic carbocycles. The third-order valence-corrected chi connectivity index (χ3v) is 4.68. The van der Waals surface area contributed by atoms with Crippen molar-refractivity contribution in [3.8, 4) is 0 Å². The third kappa shape index (κ3) is 5.16. The molecule has 134 valence electrons. The third-order valence-electron chi connectivity index (χ3n) is 4.68. The number of hydrogen-bond acceptors (Lipinski definition) is 3. The summed E-state index contributed by atoms with van der Waals surface area (Å²) in [7, 11) is 0. The summed E-state index contributed by atoms with van der Waals surface area (Å²) in [6.07, 6.45) is 6.25. The molecule has 1 amide bonds. The summed E-state index contributed by atoms with van der Waals surface area (Å²) in [5.41, 5.74) is 3.60. The van der Waals surface area contributed by atoms with Gasteiger partial charge < -0.3 is 10.6 Å². The van der Waals surface area contributed by atoms with Crippen LogP contribution in [0.3, 0.4) is 0 Å². The minimum atomic E-state index is 0.0565. The second kappa shape index (κ2) is 7.83. The molecule has 0 radical (unpaired) electrons. The van der Waals surface area contributed by atoms with Crippen molar-refractivity contribution in [3.63, 3.8) is 0 Å². The van der Waals surface area contributed by atoms with E-state index in [1.165, 1.54) is 24.0 Å². The van der Waals surface area contributed by atoms with Crippen molar-refractivity contribution in [1.29, 1.82) is 0 Å². The molecule has 1 aromatic carbocycles. The predicted octanol–water partition coefficient (Wildman–Crippen LogP) is 2.75. The van der Waals surface area contributed by atoms with Gasteiger partial charge in [-0.15, -0.1) is 0 Å². The largest absolute Gasteiger partial charge is 0.348 e. The molecule has 1 heterocycles. The van der Waals surface area contributed by atoms with Crippen LogP contribution >= 0.6 is 0 Å². The minimum Gasteiger partial charge on any atom is -0.348 e. The number of amides is 1. The normalized spacial score (nSPS) is 16.4. The molecule has 2 atom stereocenters. The predicted molar refractivity (Wildman–Crippen MR) is 99.2 cm³/mol. The van der Waals surface area contributed by atoms with Gasteiger partial charge in [0.15, 0.2) is 0 Å². The average molecular weight is 340 g/mol. The number of aryl methyl sites for hydroxylation is 2. The number of nitrogens with zero attached hydrogens (tertiary/aromatic N) is 2. The second-order valence-corrected chi connectivity index (χ2v) is 7.31. The van der Waals surface area contributed by atoms with Crippen molar-refractivity contribution in [1.82, 2.24) is 20.4 Å². The fourth-order valence-corrected chi connectivity index (χ4v) is 3.08. The molecule has 3 rings (SSSR count). The van der Waals surface area contributed by atoms with E-state index >= 15 is 0 Å². The minimum absolute atomic E-state index is 0.0565.